The molecule has 7 heteroatoms. The van der Waals surface area contributed by atoms with Crippen molar-refractivity contribution < 1.29 is 4.79 Å². The normalized spacial score (nSPS) is 14.9. The highest BCUT2D eigenvalue weighted by Crippen LogP contribution is 2.24. The summed E-state index contributed by atoms with van der Waals surface area (Å²) >= 11 is 5.94. The van der Waals surface area contributed by atoms with Gasteiger partial charge in [0, 0.05) is 42.0 Å². The standard InChI is InChI=1S/C27H28ClN5O/c28-24-10-8-21(9-11-24)18-29-26(34)22-12-16-31(17-13-22)20-23-19-30-33(25-6-2-1-3-7-25)27(23)32-14-4-5-15-32/h1-11,14-15,19,22H,12-13,16-18,20H2,(H,29,34). The number of benzene rings is 2. The molecule has 34 heavy (non-hydrogen) atoms. The Kier molecular flexibility index (Phi) is 6.79. The number of nitrogens with one attached hydrogen (secondary N) is 1. The van der Waals surface area contributed by atoms with Crippen LogP contribution in [0, 0.1) is 5.92 Å². The largest absolute Gasteiger partial charge is 0.352 e. The number of carbonyl (C=O) groups is 1. The maximum absolute atomic E-state index is 12.7. The molecule has 0 unspecified atom stereocenters. The monoisotopic (exact) mass is 473 g/mol. The number of nitrogens with zero attached hydrogens (tertiary/aromatic N) is 4. The van der Waals surface area contributed by atoms with Crippen LogP contribution in [0.25, 0.3) is 11.5 Å². The molecule has 6 nitrogen and oxygen atoms in total. The first-order valence-electron chi connectivity index (χ1n) is 11.7. The van der Waals surface area contributed by atoms with Gasteiger partial charge in [-0.05, 0) is 67.9 Å². The molecule has 1 aliphatic rings. The molecule has 0 atom stereocenters. The van der Waals surface area contributed by atoms with Crippen molar-refractivity contribution in [2.75, 3.05) is 13.1 Å². The van der Waals surface area contributed by atoms with E-state index in [0.29, 0.717) is 11.6 Å². The Labute approximate surface area is 204 Å². The van der Waals surface area contributed by atoms with Crippen molar-refractivity contribution in [1.29, 1.82) is 0 Å². The van der Waals surface area contributed by atoms with Crippen LogP contribution in [0.1, 0.15) is 24.0 Å². The molecule has 0 aliphatic carbocycles. The Morgan fingerprint density at radius 3 is 2.38 bits per heavy atom. The molecule has 0 bridgehead atoms. The SMILES string of the molecule is O=C(NCc1ccc(Cl)cc1)C1CCN(Cc2cnn(-c3ccccc3)c2-n2cccc2)CC1. The number of rotatable bonds is 7. The van der Waals surface area contributed by atoms with Crippen LogP contribution in [0.3, 0.4) is 0 Å². The molecule has 174 valence electrons. The zero-order chi connectivity index (χ0) is 23.3. The molecule has 0 radical (unpaired) electrons. The van der Waals surface area contributed by atoms with E-state index in [1.165, 1.54) is 5.56 Å². The number of piperidine rings is 1. The quantitative estimate of drug-likeness (QED) is 0.417. The summed E-state index contributed by atoms with van der Waals surface area (Å²) in [5.41, 5.74) is 3.27. The van der Waals surface area contributed by atoms with Gasteiger partial charge >= 0.3 is 0 Å². The predicted molar refractivity (Wildman–Crippen MR) is 134 cm³/mol. The summed E-state index contributed by atoms with van der Waals surface area (Å²) in [5.74, 6) is 1.25. The van der Waals surface area contributed by atoms with Crippen LogP contribution in [-0.4, -0.2) is 38.2 Å². The third-order valence-corrected chi connectivity index (χ3v) is 6.65. The fraction of sp³-hybridized carbons (Fsp3) is 0.259. The van der Waals surface area contributed by atoms with Gasteiger partial charge in [-0.15, -0.1) is 0 Å². The highest BCUT2D eigenvalue weighted by molar-refractivity contribution is 6.30. The first kappa shape index (κ1) is 22.4. The molecule has 5 rings (SSSR count). The lowest BCUT2D eigenvalue weighted by molar-refractivity contribution is -0.126. The van der Waals surface area contributed by atoms with Gasteiger partial charge in [-0.1, -0.05) is 41.9 Å². The molecule has 1 N–H and O–H groups in total. The molecule has 0 spiro atoms. The highest BCUT2D eigenvalue weighted by atomic mass is 35.5. The number of hydrogen-bond acceptors (Lipinski definition) is 3. The minimum absolute atomic E-state index is 0.0551. The maximum atomic E-state index is 12.7. The molecular weight excluding hydrogens is 446 g/mol. The summed E-state index contributed by atoms with van der Waals surface area (Å²) in [6, 6.07) is 21.9. The Morgan fingerprint density at radius 1 is 0.971 bits per heavy atom. The second kappa shape index (κ2) is 10.3. The zero-order valence-corrected chi connectivity index (χ0v) is 19.7. The van der Waals surface area contributed by atoms with E-state index in [1.54, 1.807) is 0 Å². The maximum Gasteiger partial charge on any atom is 0.223 e. The predicted octanol–water partition coefficient (Wildman–Crippen LogP) is 4.84. The topological polar surface area (TPSA) is 55.1 Å². The van der Waals surface area contributed by atoms with Gasteiger partial charge in [-0.3, -0.25) is 9.69 Å². The third-order valence-electron chi connectivity index (χ3n) is 6.40. The molecular formula is C27H28ClN5O. The van der Waals surface area contributed by atoms with E-state index >= 15 is 0 Å². The van der Waals surface area contributed by atoms with Gasteiger partial charge in [0.2, 0.25) is 5.91 Å². The van der Waals surface area contributed by atoms with Crippen LogP contribution < -0.4 is 5.32 Å². The number of carbonyl (C=O) groups excluding carboxylic acids is 1. The minimum Gasteiger partial charge on any atom is -0.352 e. The Balaban J connectivity index is 1.21. The van der Waals surface area contributed by atoms with Crippen LogP contribution in [0.4, 0.5) is 0 Å². The lowest BCUT2D eigenvalue weighted by atomic mass is 9.95. The molecule has 0 saturated carbocycles. The van der Waals surface area contributed by atoms with Gasteiger partial charge in [0.05, 0.1) is 11.9 Å². The fourth-order valence-electron chi connectivity index (χ4n) is 4.53. The van der Waals surface area contributed by atoms with E-state index in [-0.39, 0.29) is 11.8 Å². The van der Waals surface area contributed by atoms with E-state index < -0.39 is 0 Å². The first-order chi connectivity index (χ1) is 16.7. The number of para-hydroxylation sites is 1. The van der Waals surface area contributed by atoms with Crippen molar-refractivity contribution in [3.05, 3.63) is 101 Å². The smallest absolute Gasteiger partial charge is 0.223 e. The number of likely N-dealkylation sites (tertiary alicyclic amines) is 1. The minimum atomic E-state index is 0.0551. The van der Waals surface area contributed by atoms with E-state index in [0.717, 1.165) is 49.5 Å². The second-order valence-electron chi connectivity index (χ2n) is 8.73. The van der Waals surface area contributed by atoms with E-state index in [1.807, 2.05) is 65.5 Å². The molecule has 1 fully saturated rings. The summed E-state index contributed by atoms with van der Waals surface area (Å²) in [5, 5.41) is 8.50. The first-order valence-corrected chi connectivity index (χ1v) is 12.1. The third kappa shape index (κ3) is 5.08. The van der Waals surface area contributed by atoms with Gasteiger partial charge in [-0.25, -0.2) is 4.68 Å². The van der Waals surface area contributed by atoms with Crippen molar-refractivity contribution >= 4 is 17.5 Å². The summed E-state index contributed by atoms with van der Waals surface area (Å²) in [4.78, 5) is 15.1. The van der Waals surface area contributed by atoms with E-state index in [2.05, 4.69) is 39.3 Å². The van der Waals surface area contributed by atoms with Crippen LogP contribution in [-0.2, 0) is 17.9 Å². The molecule has 4 aromatic rings. The molecule has 3 heterocycles. The van der Waals surface area contributed by atoms with Gasteiger partial charge in [0.15, 0.2) is 0 Å². The van der Waals surface area contributed by atoms with Gasteiger partial charge < -0.3 is 9.88 Å². The second-order valence-corrected chi connectivity index (χ2v) is 9.16. The molecule has 1 aliphatic heterocycles. The average molecular weight is 474 g/mol. The van der Waals surface area contributed by atoms with Crippen molar-refractivity contribution in [2.45, 2.75) is 25.9 Å². The van der Waals surface area contributed by atoms with Crippen LogP contribution >= 0.6 is 11.6 Å². The fourth-order valence-corrected chi connectivity index (χ4v) is 4.65. The van der Waals surface area contributed by atoms with Crippen LogP contribution in [0.5, 0.6) is 0 Å². The van der Waals surface area contributed by atoms with Gasteiger partial charge in [0.25, 0.3) is 0 Å². The summed E-state index contributed by atoms with van der Waals surface area (Å²) in [6.07, 6.45) is 7.79. The van der Waals surface area contributed by atoms with Crippen molar-refractivity contribution in [3.63, 3.8) is 0 Å². The number of hydrogen-bond donors (Lipinski definition) is 1. The molecule has 2 aromatic heterocycles. The zero-order valence-electron chi connectivity index (χ0n) is 19.0. The summed E-state index contributed by atoms with van der Waals surface area (Å²) in [7, 11) is 0. The van der Waals surface area contributed by atoms with Gasteiger partial charge in [0.1, 0.15) is 5.82 Å². The van der Waals surface area contributed by atoms with Gasteiger partial charge in [-0.2, -0.15) is 5.10 Å². The number of amides is 1. The van der Waals surface area contributed by atoms with Crippen molar-refractivity contribution in [2.24, 2.45) is 5.92 Å². The van der Waals surface area contributed by atoms with E-state index in [4.69, 9.17) is 16.7 Å². The highest BCUT2D eigenvalue weighted by Gasteiger charge is 2.26. The average Bonchev–Trinajstić information content (AvgIpc) is 3.54. The Morgan fingerprint density at radius 2 is 1.68 bits per heavy atom. The summed E-state index contributed by atoms with van der Waals surface area (Å²) < 4.78 is 4.11. The Bertz CT molecular complexity index is 1210. The van der Waals surface area contributed by atoms with E-state index in [9.17, 15) is 4.79 Å². The molecule has 1 saturated heterocycles. The molecule has 2 aromatic carbocycles. The lowest BCUT2D eigenvalue weighted by Gasteiger charge is -2.31. The lowest BCUT2D eigenvalue weighted by Crippen LogP contribution is -2.40. The van der Waals surface area contributed by atoms with Crippen molar-refractivity contribution in [1.82, 2.24) is 24.6 Å². The van der Waals surface area contributed by atoms with Crippen LogP contribution in [0.2, 0.25) is 5.02 Å². The number of halogens is 1. The Hall–Kier alpha value is -3.35. The number of aromatic nitrogens is 3. The van der Waals surface area contributed by atoms with Crippen molar-refractivity contribution in [3.8, 4) is 11.5 Å². The summed E-state index contributed by atoms with van der Waals surface area (Å²) in [6.45, 7) is 3.12. The van der Waals surface area contributed by atoms with Crippen LogP contribution in [0.15, 0.2) is 85.3 Å². The molecule has 1 amide bonds.